The molecule has 1 aromatic rings. The molecule has 1 saturated carbocycles. The van der Waals surface area contributed by atoms with Crippen LogP contribution in [-0.4, -0.2) is 32.6 Å². The van der Waals surface area contributed by atoms with Crippen LogP contribution in [0.15, 0.2) is 14.7 Å². The molecule has 2 N–H and O–H groups in total. The summed E-state index contributed by atoms with van der Waals surface area (Å²) in [6, 6.07) is 2.38. The van der Waals surface area contributed by atoms with Gasteiger partial charge in [-0.05, 0) is 25.3 Å². The Morgan fingerprint density at radius 2 is 2.30 bits per heavy atom. The molecule has 1 fully saturated rings. The van der Waals surface area contributed by atoms with Gasteiger partial charge in [0.15, 0.2) is 5.16 Å². The number of aromatic amines is 1. The van der Waals surface area contributed by atoms with E-state index in [-0.39, 0.29) is 0 Å². The Balaban J connectivity index is 2.18. The molecule has 0 radical (unpaired) electrons. The highest BCUT2D eigenvalue weighted by Gasteiger charge is 2.45. The van der Waals surface area contributed by atoms with Crippen molar-refractivity contribution in [3.05, 3.63) is 20.7 Å². The number of nitrogens with one attached hydrogen (secondary N) is 2. The van der Waals surface area contributed by atoms with Gasteiger partial charge < -0.3 is 0 Å². The van der Waals surface area contributed by atoms with Crippen LogP contribution in [0.4, 0.5) is 0 Å². The van der Waals surface area contributed by atoms with Crippen molar-refractivity contribution < 1.29 is 0 Å². The molecule has 1 aliphatic rings. The fourth-order valence-electron chi connectivity index (χ4n) is 2.14. The minimum atomic E-state index is -0.803. The molecule has 1 heterocycles. The Bertz CT molecular complexity index is 642. The zero-order valence-electron chi connectivity index (χ0n) is 11.5. The van der Waals surface area contributed by atoms with E-state index < -0.39 is 16.7 Å². The zero-order chi connectivity index (χ0) is 14.8. The van der Waals surface area contributed by atoms with Gasteiger partial charge in [0.25, 0.3) is 0 Å². The Morgan fingerprint density at radius 1 is 1.60 bits per heavy atom. The maximum absolute atomic E-state index is 11.3. The van der Waals surface area contributed by atoms with Crippen LogP contribution >= 0.6 is 11.8 Å². The number of nitriles is 1. The van der Waals surface area contributed by atoms with Crippen molar-refractivity contribution in [2.45, 2.75) is 30.5 Å². The van der Waals surface area contributed by atoms with Gasteiger partial charge >= 0.3 is 11.1 Å². The first-order valence-corrected chi connectivity index (χ1v) is 7.47. The van der Waals surface area contributed by atoms with E-state index in [1.54, 1.807) is 7.05 Å². The summed E-state index contributed by atoms with van der Waals surface area (Å²) < 4.78 is 1.41. The van der Waals surface area contributed by atoms with Gasteiger partial charge in [-0.2, -0.15) is 10.2 Å². The van der Waals surface area contributed by atoms with Crippen molar-refractivity contribution in [2.75, 3.05) is 12.3 Å². The molecule has 0 amide bonds. The van der Waals surface area contributed by atoms with E-state index in [0.717, 1.165) is 12.8 Å². The quantitative estimate of drug-likeness (QED) is 0.558. The lowest BCUT2D eigenvalue weighted by Gasteiger charge is -2.27. The van der Waals surface area contributed by atoms with Crippen LogP contribution in [-0.2, 0) is 7.05 Å². The summed E-state index contributed by atoms with van der Waals surface area (Å²) in [5.74, 6) is 0.841. The van der Waals surface area contributed by atoms with Crippen LogP contribution in [0.3, 0.4) is 0 Å². The predicted molar refractivity (Wildman–Crippen MR) is 75.6 cm³/mol. The molecule has 2 rings (SSSR count). The second-order valence-electron chi connectivity index (χ2n) is 4.88. The van der Waals surface area contributed by atoms with Crippen molar-refractivity contribution in [3.63, 3.8) is 0 Å². The number of aryl methyl sites for hydroxylation is 1. The summed E-state index contributed by atoms with van der Waals surface area (Å²) in [6.45, 7) is 2.68. The number of rotatable bonds is 6. The number of nitrogens with zero attached hydrogens (tertiary/aromatic N) is 3. The third-order valence-electron chi connectivity index (χ3n) is 3.34. The summed E-state index contributed by atoms with van der Waals surface area (Å²) >= 11 is 1.31. The Morgan fingerprint density at radius 3 is 2.85 bits per heavy atom. The first-order valence-electron chi connectivity index (χ1n) is 6.49. The third kappa shape index (κ3) is 2.94. The van der Waals surface area contributed by atoms with Gasteiger partial charge in [-0.3, -0.25) is 24.7 Å². The Labute approximate surface area is 120 Å². The van der Waals surface area contributed by atoms with Crippen LogP contribution in [0.2, 0.25) is 0 Å². The Hall–Kier alpha value is -1.59. The van der Waals surface area contributed by atoms with Crippen molar-refractivity contribution in [1.82, 2.24) is 20.1 Å². The molecule has 0 aromatic carbocycles. The van der Waals surface area contributed by atoms with E-state index in [1.165, 1.54) is 16.4 Å². The fourth-order valence-corrected chi connectivity index (χ4v) is 3.28. The molecule has 0 bridgehead atoms. The molecule has 0 saturated heterocycles. The second kappa shape index (κ2) is 5.81. The summed E-state index contributed by atoms with van der Waals surface area (Å²) in [5.41, 5.74) is -2.13. The Kier molecular flexibility index (Phi) is 4.30. The van der Waals surface area contributed by atoms with E-state index in [0.29, 0.717) is 23.4 Å². The molecule has 0 aliphatic heterocycles. The molecule has 108 valence electrons. The lowest BCUT2D eigenvalue weighted by Crippen LogP contribution is -2.48. The third-order valence-corrected chi connectivity index (χ3v) is 4.57. The standard InChI is InChI=1S/C12H17N5O2S/c1-3-14-12(6-13,8-4-5-8)7-20-11-15-9(18)10(19)16-17(11)2/h8,14H,3-5,7H2,1-2H3,(H,16,19). The minimum absolute atomic E-state index is 0.347. The second-order valence-corrected chi connectivity index (χ2v) is 5.82. The molecule has 1 aromatic heterocycles. The molecular formula is C12H17N5O2S. The molecule has 20 heavy (non-hydrogen) atoms. The summed E-state index contributed by atoms with van der Waals surface area (Å²) in [5, 5.41) is 15.6. The van der Waals surface area contributed by atoms with Gasteiger partial charge in [-0.15, -0.1) is 0 Å². The monoisotopic (exact) mass is 295 g/mol. The maximum atomic E-state index is 11.3. The first kappa shape index (κ1) is 14.8. The average molecular weight is 295 g/mol. The van der Waals surface area contributed by atoms with Crippen LogP contribution in [0.25, 0.3) is 0 Å². The molecule has 1 atom stereocenters. The number of H-pyrrole nitrogens is 1. The number of hydrogen-bond donors (Lipinski definition) is 2. The van der Waals surface area contributed by atoms with Gasteiger partial charge in [0.2, 0.25) is 0 Å². The van der Waals surface area contributed by atoms with Crippen molar-refractivity contribution in [3.8, 4) is 6.07 Å². The number of hydrogen-bond acceptors (Lipinski definition) is 6. The van der Waals surface area contributed by atoms with Crippen LogP contribution in [0, 0.1) is 17.2 Å². The molecular weight excluding hydrogens is 278 g/mol. The molecule has 1 aliphatic carbocycles. The fraction of sp³-hybridized carbons (Fsp3) is 0.667. The van der Waals surface area contributed by atoms with E-state index in [9.17, 15) is 14.9 Å². The van der Waals surface area contributed by atoms with Gasteiger partial charge in [0, 0.05) is 12.8 Å². The van der Waals surface area contributed by atoms with E-state index >= 15 is 0 Å². The zero-order valence-corrected chi connectivity index (χ0v) is 12.3. The maximum Gasteiger partial charge on any atom is 0.339 e. The van der Waals surface area contributed by atoms with Crippen molar-refractivity contribution >= 4 is 11.8 Å². The molecule has 7 nitrogen and oxygen atoms in total. The van der Waals surface area contributed by atoms with Crippen molar-refractivity contribution in [1.29, 1.82) is 5.26 Å². The molecule has 1 unspecified atom stereocenters. The van der Waals surface area contributed by atoms with Crippen LogP contribution in [0.5, 0.6) is 0 Å². The van der Waals surface area contributed by atoms with E-state index in [4.69, 9.17) is 0 Å². The lowest BCUT2D eigenvalue weighted by atomic mass is 9.98. The summed E-state index contributed by atoms with van der Waals surface area (Å²) in [6.07, 6.45) is 2.08. The van der Waals surface area contributed by atoms with Crippen LogP contribution < -0.4 is 16.4 Å². The smallest absolute Gasteiger partial charge is 0.299 e. The molecule has 8 heteroatoms. The minimum Gasteiger partial charge on any atom is -0.299 e. The normalized spacial score (nSPS) is 17.4. The first-order chi connectivity index (χ1) is 9.52. The predicted octanol–water partition coefficient (Wildman–Crippen LogP) is -0.157. The SMILES string of the molecule is CCNC(C#N)(CSc1nc(=O)c(=O)[nH]n1C)C1CC1. The summed E-state index contributed by atoms with van der Waals surface area (Å²) in [7, 11) is 1.62. The highest BCUT2D eigenvalue weighted by molar-refractivity contribution is 7.99. The number of aromatic nitrogens is 3. The lowest BCUT2D eigenvalue weighted by molar-refractivity contribution is 0.415. The van der Waals surface area contributed by atoms with Gasteiger partial charge in [0.05, 0.1) is 6.07 Å². The van der Waals surface area contributed by atoms with Gasteiger partial charge in [0.1, 0.15) is 5.54 Å². The van der Waals surface area contributed by atoms with Gasteiger partial charge in [-0.1, -0.05) is 18.7 Å². The number of thioether (sulfide) groups is 1. The molecule has 0 spiro atoms. The highest BCUT2D eigenvalue weighted by Crippen LogP contribution is 2.41. The van der Waals surface area contributed by atoms with Crippen LogP contribution in [0.1, 0.15) is 19.8 Å². The topological polar surface area (TPSA) is 104 Å². The highest BCUT2D eigenvalue weighted by atomic mass is 32.2. The largest absolute Gasteiger partial charge is 0.339 e. The van der Waals surface area contributed by atoms with Crippen molar-refractivity contribution in [2.24, 2.45) is 13.0 Å². The average Bonchev–Trinajstić information content (AvgIpc) is 3.25. The summed E-state index contributed by atoms with van der Waals surface area (Å²) in [4.78, 5) is 26.2. The van der Waals surface area contributed by atoms with Gasteiger partial charge in [-0.25, -0.2) is 0 Å². The van der Waals surface area contributed by atoms with E-state index in [2.05, 4.69) is 21.5 Å². The van der Waals surface area contributed by atoms with E-state index in [1.807, 2.05) is 6.92 Å².